The molecule has 0 aromatic heterocycles. The van der Waals surface area contributed by atoms with E-state index in [-0.39, 0.29) is 29.6 Å². The number of hydrogen-bond donors (Lipinski definition) is 2. The molecule has 9 nitrogen and oxygen atoms in total. The Balaban J connectivity index is 1.51. The van der Waals surface area contributed by atoms with Crippen LogP contribution in [0.4, 0.5) is 11.4 Å². The van der Waals surface area contributed by atoms with Crippen LogP contribution in [0, 0.1) is 11.8 Å². The first-order chi connectivity index (χ1) is 14.3. The number of benzene rings is 1. The van der Waals surface area contributed by atoms with Crippen molar-refractivity contribution in [3.8, 4) is 0 Å². The Bertz CT molecular complexity index is 842. The molecule has 4 amide bonds. The van der Waals surface area contributed by atoms with Crippen molar-refractivity contribution >= 4 is 41.0 Å². The Morgan fingerprint density at radius 1 is 1.00 bits per heavy atom. The number of hydrogen-bond acceptors (Lipinski definition) is 6. The second kappa shape index (κ2) is 9.06. The van der Waals surface area contributed by atoms with Gasteiger partial charge in [0.2, 0.25) is 17.7 Å². The van der Waals surface area contributed by atoms with Gasteiger partial charge in [-0.2, -0.15) is 0 Å². The molecule has 1 aromatic rings. The number of carbonyl (C=O) groups is 5. The predicted molar refractivity (Wildman–Crippen MR) is 107 cm³/mol. The van der Waals surface area contributed by atoms with E-state index in [1.54, 1.807) is 24.3 Å². The Labute approximate surface area is 174 Å². The van der Waals surface area contributed by atoms with Crippen molar-refractivity contribution in [2.24, 2.45) is 11.8 Å². The van der Waals surface area contributed by atoms with Gasteiger partial charge < -0.3 is 15.4 Å². The van der Waals surface area contributed by atoms with Crippen molar-refractivity contribution in [3.63, 3.8) is 0 Å². The third-order valence-corrected chi connectivity index (χ3v) is 5.37. The number of imide groups is 1. The molecule has 3 rings (SSSR count). The van der Waals surface area contributed by atoms with Crippen molar-refractivity contribution in [1.29, 1.82) is 0 Å². The standard InChI is InChI=1S/C21H25N3O6/c1-12(19(27)23-15-9-7-14(8-10-15)22-13(2)25)30-18(26)11-24-20(28)16-5-3-4-6-17(16)21(24)29/h7-10,12,16-17H,3-6,11H2,1-2H3,(H,22,25)(H,23,27)/t12-,16-,17+/m0/s1. The van der Waals surface area contributed by atoms with Gasteiger partial charge in [-0.05, 0) is 44.0 Å². The maximum Gasteiger partial charge on any atom is 0.326 e. The number of anilines is 2. The summed E-state index contributed by atoms with van der Waals surface area (Å²) in [6, 6.07) is 6.44. The van der Waals surface area contributed by atoms with Gasteiger partial charge in [-0.3, -0.25) is 28.9 Å². The number of esters is 1. The Morgan fingerprint density at radius 3 is 2.00 bits per heavy atom. The summed E-state index contributed by atoms with van der Waals surface area (Å²) < 4.78 is 5.12. The normalized spacial score (nSPS) is 21.6. The van der Waals surface area contributed by atoms with Crippen LogP contribution in [-0.2, 0) is 28.7 Å². The van der Waals surface area contributed by atoms with E-state index in [0.717, 1.165) is 17.7 Å². The molecular formula is C21H25N3O6. The summed E-state index contributed by atoms with van der Waals surface area (Å²) >= 11 is 0. The molecule has 1 aromatic carbocycles. The monoisotopic (exact) mass is 415 g/mol. The van der Waals surface area contributed by atoms with Crippen LogP contribution in [0.1, 0.15) is 39.5 Å². The molecule has 1 aliphatic heterocycles. The summed E-state index contributed by atoms with van der Waals surface area (Å²) in [5, 5.41) is 5.22. The fourth-order valence-electron chi connectivity index (χ4n) is 3.89. The quantitative estimate of drug-likeness (QED) is 0.539. The van der Waals surface area contributed by atoms with Crippen LogP contribution in [0.15, 0.2) is 24.3 Å². The molecule has 2 N–H and O–H groups in total. The molecular weight excluding hydrogens is 390 g/mol. The third kappa shape index (κ3) is 4.84. The number of nitrogens with zero attached hydrogens (tertiary/aromatic N) is 1. The van der Waals surface area contributed by atoms with Crippen LogP contribution in [0.5, 0.6) is 0 Å². The van der Waals surface area contributed by atoms with Crippen molar-refractivity contribution < 1.29 is 28.7 Å². The average Bonchev–Trinajstić information content (AvgIpc) is 2.94. The zero-order chi connectivity index (χ0) is 21.8. The number of carbonyl (C=O) groups excluding carboxylic acids is 5. The zero-order valence-electron chi connectivity index (χ0n) is 17.0. The summed E-state index contributed by atoms with van der Waals surface area (Å²) in [5.74, 6) is -2.87. The van der Waals surface area contributed by atoms with Crippen LogP contribution >= 0.6 is 0 Å². The first-order valence-corrected chi connectivity index (χ1v) is 9.99. The number of nitrogens with one attached hydrogen (secondary N) is 2. The molecule has 160 valence electrons. The maximum atomic E-state index is 12.4. The van der Waals surface area contributed by atoms with Crippen LogP contribution in [-0.4, -0.2) is 47.1 Å². The van der Waals surface area contributed by atoms with Gasteiger partial charge in [0.05, 0.1) is 11.8 Å². The van der Waals surface area contributed by atoms with Gasteiger partial charge in [0.25, 0.3) is 5.91 Å². The highest BCUT2D eigenvalue weighted by atomic mass is 16.5. The van der Waals surface area contributed by atoms with Crippen LogP contribution in [0.3, 0.4) is 0 Å². The zero-order valence-corrected chi connectivity index (χ0v) is 17.0. The molecule has 0 unspecified atom stereocenters. The smallest absolute Gasteiger partial charge is 0.326 e. The largest absolute Gasteiger partial charge is 0.451 e. The van der Waals surface area contributed by atoms with Gasteiger partial charge in [0.1, 0.15) is 6.54 Å². The lowest BCUT2D eigenvalue weighted by atomic mass is 9.81. The number of likely N-dealkylation sites (tertiary alicyclic amines) is 1. The van der Waals surface area contributed by atoms with E-state index in [4.69, 9.17) is 4.74 Å². The minimum atomic E-state index is -1.11. The van der Waals surface area contributed by atoms with Gasteiger partial charge in [0, 0.05) is 18.3 Å². The first kappa shape index (κ1) is 21.5. The molecule has 3 atom stereocenters. The summed E-state index contributed by atoms with van der Waals surface area (Å²) in [4.78, 5) is 61.4. The van der Waals surface area contributed by atoms with Crippen molar-refractivity contribution in [1.82, 2.24) is 4.90 Å². The van der Waals surface area contributed by atoms with Gasteiger partial charge in [-0.15, -0.1) is 0 Å². The lowest BCUT2D eigenvalue weighted by Gasteiger charge is -2.19. The van der Waals surface area contributed by atoms with Crippen LogP contribution < -0.4 is 10.6 Å². The fraction of sp³-hybridized carbons (Fsp3) is 0.476. The van der Waals surface area contributed by atoms with E-state index in [9.17, 15) is 24.0 Å². The molecule has 0 radical (unpaired) electrons. The molecule has 1 heterocycles. The lowest BCUT2D eigenvalue weighted by Crippen LogP contribution is -2.39. The second-order valence-electron chi connectivity index (χ2n) is 7.64. The van der Waals surface area contributed by atoms with E-state index in [0.29, 0.717) is 24.2 Å². The fourth-order valence-corrected chi connectivity index (χ4v) is 3.89. The van der Waals surface area contributed by atoms with Gasteiger partial charge in [-0.1, -0.05) is 12.8 Å². The maximum absolute atomic E-state index is 12.4. The molecule has 2 fully saturated rings. The summed E-state index contributed by atoms with van der Waals surface area (Å²) in [7, 11) is 0. The van der Waals surface area contributed by atoms with E-state index >= 15 is 0 Å². The molecule has 0 bridgehead atoms. The highest BCUT2D eigenvalue weighted by Gasteiger charge is 2.48. The Kier molecular flexibility index (Phi) is 6.49. The van der Waals surface area contributed by atoms with Crippen LogP contribution in [0.25, 0.3) is 0 Å². The highest BCUT2D eigenvalue weighted by molar-refractivity contribution is 6.07. The Morgan fingerprint density at radius 2 is 1.50 bits per heavy atom. The molecule has 0 spiro atoms. The third-order valence-electron chi connectivity index (χ3n) is 5.37. The summed E-state index contributed by atoms with van der Waals surface area (Å²) in [6.07, 6.45) is 2.03. The molecule has 30 heavy (non-hydrogen) atoms. The Hall–Kier alpha value is -3.23. The topological polar surface area (TPSA) is 122 Å². The molecule has 1 saturated heterocycles. The van der Waals surface area contributed by atoms with Crippen molar-refractivity contribution in [3.05, 3.63) is 24.3 Å². The SMILES string of the molecule is CC(=O)Nc1ccc(NC(=O)[C@H](C)OC(=O)CN2C(=O)[C@H]3CCCC[C@H]3C2=O)cc1. The summed E-state index contributed by atoms with van der Waals surface area (Å²) in [6.45, 7) is 2.32. The molecule has 1 aliphatic carbocycles. The number of amides is 4. The van der Waals surface area contributed by atoms with Gasteiger partial charge in [-0.25, -0.2) is 0 Å². The van der Waals surface area contributed by atoms with E-state index < -0.39 is 24.5 Å². The second-order valence-corrected chi connectivity index (χ2v) is 7.64. The highest BCUT2D eigenvalue weighted by Crippen LogP contribution is 2.37. The number of fused-ring (bicyclic) bond motifs is 1. The molecule has 1 saturated carbocycles. The minimum Gasteiger partial charge on any atom is -0.451 e. The predicted octanol–water partition coefficient (Wildman–Crippen LogP) is 1.69. The average molecular weight is 415 g/mol. The van der Waals surface area contributed by atoms with Gasteiger partial charge >= 0.3 is 5.97 Å². The van der Waals surface area contributed by atoms with Crippen molar-refractivity contribution in [2.75, 3.05) is 17.2 Å². The van der Waals surface area contributed by atoms with Crippen LogP contribution in [0.2, 0.25) is 0 Å². The lowest BCUT2D eigenvalue weighted by molar-refractivity contribution is -0.158. The first-order valence-electron chi connectivity index (χ1n) is 9.99. The summed E-state index contributed by atoms with van der Waals surface area (Å²) in [5.41, 5.74) is 1.05. The van der Waals surface area contributed by atoms with E-state index in [1.807, 2.05) is 0 Å². The molecule has 9 heteroatoms. The number of rotatable bonds is 6. The minimum absolute atomic E-state index is 0.207. The number of ether oxygens (including phenoxy) is 1. The van der Waals surface area contributed by atoms with E-state index in [2.05, 4.69) is 10.6 Å². The van der Waals surface area contributed by atoms with Crippen molar-refractivity contribution in [2.45, 2.75) is 45.6 Å². The van der Waals surface area contributed by atoms with Gasteiger partial charge in [0.15, 0.2) is 6.10 Å². The molecule has 2 aliphatic rings. The van der Waals surface area contributed by atoms with E-state index in [1.165, 1.54) is 13.8 Å².